The van der Waals surface area contributed by atoms with Gasteiger partial charge in [0.15, 0.2) is 0 Å². The van der Waals surface area contributed by atoms with E-state index >= 15 is 0 Å². The molecule has 1 aliphatic rings. The number of anilines is 1. The Kier molecular flexibility index (Phi) is 8.09. The number of nitrogens with zero attached hydrogens (tertiary/aromatic N) is 1. The molecule has 1 N–H and O–H groups in total. The second kappa shape index (κ2) is 10.8. The van der Waals surface area contributed by atoms with Crippen LogP contribution in [0.3, 0.4) is 0 Å². The Morgan fingerprint density at radius 1 is 1.16 bits per heavy atom. The molecule has 1 atom stereocenters. The highest BCUT2D eigenvalue weighted by Gasteiger charge is 2.32. The van der Waals surface area contributed by atoms with Gasteiger partial charge in [0, 0.05) is 24.8 Å². The van der Waals surface area contributed by atoms with E-state index in [0.717, 1.165) is 12.0 Å². The van der Waals surface area contributed by atoms with Gasteiger partial charge in [0.25, 0.3) is 0 Å². The average Bonchev–Trinajstić information content (AvgIpc) is 2.74. The maximum absolute atomic E-state index is 12.8. The molecule has 31 heavy (non-hydrogen) atoms. The van der Waals surface area contributed by atoms with Crippen molar-refractivity contribution in [3.8, 4) is 5.75 Å². The van der Waals surface area contributed by atoms with Crippen LogP contribution in [-0.2, 0) is 21.2 Å². The number of rotatable bonds is 9. The molecule has 0 radical (unpaired) electrons. The zero-order chi connectivity index (χ0) is 22.3. The van der Waals surface area contributed by atoms with Crippen LogP contribution < -0.4 is 10.1 Å². The third kappa shape index (κ3) is 7.08. The minimum atomic E-state index is -3.38. The fourth-order valence-electron chi connectivity index (χ4n) is 3.81. The van der Waals surface area contributed by atoms with Crippen molar-refractivity contribution in [2.24, 2.45) is 5.92 Å². The predicted octanol–water partition coefficient (Wildman–Crippen LogP) is 4.09. The molecule has 0 bridgehead atoms. The first-order valence-corrected chi connectivity index (χ1v) is 12.5. The molecule has 7 heteroatoms. The second-order valence-corrected chi connectivity index (χ2v) is 10.4. The van der Waals surface area contributed by atoms with Crippen molar-refractivity contribution in [2.45, 2.75) is 45.6 Å². The fraction of sp³-hybridized carbons (Fsp3) is 0.458. The highest BCUT2D eigenvalue weighted by atomic mass is 32.2. The summed E-state index contributed by atoms with van der Waals surface area (Å²) in [6.07, 6.45) is 2.72. The number of ether oxygens (including phenoxy) is 1. The summed E-state index contributed by atoms with van der Waals surface area (Å²) in [7, 11) is -3.38. The van der Waals surface area contributed by atoms with E-state index in [1.54, 1.807) is 6.07 Å². The summed E-state index contributed by atoms with van der Waals surface area (Å²) >= 11 is 0. The van der Waals surface area contributed by atoms with Gasteiger partial charge in [-0.15, -0.1) is 0 Å². The Morgan fingerprint density at radius 2 is 1.94 bits per heavy atom. The topological polar surface area (TPSA) is 75.7 Å². The largest absolute Gasteiger partial charge is 0.491 e. The van der Waals surface area contributed by atoms with Crippen LogP contribution in [0, 0.1) is 5.92 Å². The molecule has 0 aliphatic carbocycles. The first-order chi connectivity index (χ1) is 14.8. The normalized spacial score (nSPS) is 17.5. The maximum atomic E-state index is 12.8. The SMILES string of the molecule is CC(C)Oc1cccc(NC(=O)[C@H]2CCCN(S(=O)(=O)CCCc3ccccc3)C2)c1. The molecule has 0 unspecified atom stereocenters. The Balaban J connectivity index is 1.54. The van der Waals surface area contributed by atoms with E-state index in [-0.39, 0.29) is 30.2 Å². The average molecular weight is 445 g/mol. The van der Waals surface area contributed by atoms with E-state index in [4.69, 9.17) is 4.74 Å². The van der Waals surface area contributed by atoms with Crippen LogP contribution in [0.5, 0.6) is 5.75 Å². The molecule has 1 fully saturated rings. The zero-order valence-electron chi connectivity index (χ0n) is 18.3. The number of hydrogen-bond acceptors (Lipinski definition) is 4. The van der Waals surface area contributed by atoms with Gasteiger partial charge in [-0.3, -0.25) is 4.79 Å². The van der Waals surface area contributed by atoms with Crippen LogP contribution in [-0.4, -0.2) is 43.6 Å². The number of carbonyl (C=O) groups is 1. The van der Waals surface area contributed by atoms with E-state index in [0.29, 0.717) is 37.2 Å². The van der Waals surface area contributed by atoms with Crippen LogP contribution >= 0.6 is 0 Å². The summed E-state index contributed by atoms with van der Waals surface area (Å²) in [4.78, 5) is 12.8. The van der Waals surface area contributed by atoms with Crippen molar-refractivity contribution < 1.29 is 17.9 Å². The standard InChI is InChI=1S/C24H32N2O4S/c1-19(2)30-23-14-6-13-22(17-23)25-24(27)21-12-7-15-26(18-21)31(28,29)16-8-11-20-9-4-3-5-10-20/h3-6,9-10,13-14,17,19,21H,7-8,11-12,15-16,18H2,1-2H3,(H,25,27)/t21-/m0/s1. The first kappa shape index (κ1) is 23.3. The zero-order valence-corrected chi connectivity index (χ0v) is 19.1. The van der Waals surface area contributed by atoms with Crippen molar-refractivity contribution in [1.82, 2.24) is 4.31 Å². The molecule has 1 amide bonds. The second-order valence-electron chi connectivity index (χ2n) is 8.29. The van der Waals surface area contributed by atoms with E-state index in [1.165, 1.54) is 4.31 Å². The lowest BCUT2D eigenvalue weighted by Gasteiger charge is -2.31. The molecule has 2 aromatic carbocycles. The Morgan fingerprint density at radius 3 is 2.68 bits per heavy atom. The summed E-state index contributed by atoms with van der Waals surface area (Å²) in [6.45, 7) is 4.61. The van der Waals surface area contributed by atoms with Gasteiger partial charge in [0.1, 0.15) is 5.75 Å². The van der Waals surface area contributed by atoms with Gasteiger partial charge in [-0.1, -0.05) is 36.4 Å². The van der Waals surface area contributed by atoms with Gasteiger partial charge < -0.3 is 10.1 Å². The minimum absolute atomic E-state index is 0.0463. The summed E-state index contributed by atoms with van der Waals surface area (Å²) in [5.41, 5.74) is 1.79. The molecule has 3 rings (SSSR count). The molecule has 0 saturated carbocycles. The van der Waals surface area contributed by atoms with E-state index in [2.05, 4.69) is 5.32 Å². The number of carbonyl (C=O) groups excluding carboxylic acids is 1. The lowest BCUT2D eigenvalue weighted by Crippen LogP contribution is -2.44. The molecule has 0 aromatic heterocycles. The Bertz CT molecular complexity index is 961. The number of benzene rings is 2. The van der Waals surface area contributed by atoms with Crippen LogP contribution in [0.25, 0.3) is 0 Å². The van der Waals surface area contributed by atoms with E-state index in [9.17, 15) is 13.2 Å². The predicted molar refractivity (Wildman–Crippen MR) is 124 cm³/mol. The van der Waals surface area contributed by atoms with Gasteiger partial charge in [-0.25, -0.2) is 12.7 Å². The molecular formula is C24H32N2O4S. The number of nitrogens with one attached hydrogen (secondary N) is 1. The van der Waals surface area contributed by atoms with Gasteiger partial charge in [-0.05, 0) is 57.2 Å². The van der Waals surface area contributed by atoms with Gasteiger partial charge >= 0.3 is 0 Å². The molecule has 0 spiro atoms. The smallest absolute Gasteiger partial charge is 0.228 e. The van der Waals surface area contributed by atoms with Crippen LogP contribution in [0.2, 0.25) is 0 Å². The first-order valence-electron chi connectivity index (χ1n) is 10.9. The molecule has 1 heterocycles. The van der Waals surface area contributed by atoms with E-state index < -0.39 is 10.0 Å². The molecule has 1 saturated heterocycles. The number of hydrogen-bond donors (Lipinski definition) is 1. The molecule has 168 valence electrons. The fourth-order valence-corrected chi connectivity index (χ4v) is 5.39. The minimum Gasteiger partial charge on any atom is -0.491 e. The third-order valence-corrected chi connectivity index (χ3v) is 7.26. The number of sulfonamides is 1. The monoisotopic (exact) mass is 444 g/mol. The summed E-state index contributed by atoms with van der Waals surface area (Å²) < 4.78 is 32.8. The number of aryl methyl sites for hydroxylation is 1. The quantitative estimate of drug-likeness (QED) is 0.632. The molecular weight excluding hydrogens is 412 g/mol. The summed E-state index contributed by atoms with van der Waals surface area (Å²) in [5, 5.41) is 2.92. The van der Waals surface area contributed by atoms with Crippen molar-refractivity contribution in [3.05, 3.63) is 60.2 Å². The van der Waals surface area contributed by atoms with Crippen LogP contribution in [0.1, 0.15) is 38.7 Å². The van der Waals surface area contributed by atoms with Crippen LogP contribution in [0.4, 0.5) is 5.69 Å². The lowest BCUT2D eigenvalue weighted by molar-refractivity contribution is -0.120. The Hall–Kier alpha value is -2.38. The van der Waals surface area contributed by atoms with Gasteiger partial charge in [-0.2, -0.15) is 0 Å². The Labute approximate surface area is 185 Å². The highest BCUT2D eigenvalue weighted by molar-refractivity contribution is 7.89. The van der Waals surface area contributed by atoms with Crippen molar-refractivity contribution in [1.29, 1.82) is 0 Å². The van der Waals surface area contributed by atoms with Crippen molar-refractivity contribution in [2.75, 3.05) is 24.2 Å². The van der Waals surface area contributed by atoms with E-state index in [1.807, 2.05) is 62.4 Å². The highest BCUT2D eigenvalue weighted by Crippen LogP contribution is 2.24. The van der Waals surface area contributed by atoms with Crippen LogP contribution in [0.15, 0.2) is 54.6 Å². The van der Waals surface area contributed by atoms with Crippen molar-refractivity contribution >= 4 is 21.6 Å². The number of amides is 1. The molecule has 6 nitrogen and oxygen atoms in total. The van der Waals surface area contributed by atoms with Crippen molar-refractivity contribution in [3.63, 3.8) is 0 Å². The number of piperidine rings is 1. The molecule has 1 aliphatic heterocycles. The summed E-state index contributed by atoms with van der Waals surface area (Å²) in [5.74, 6) is 0.294. The van der Waals surface area contributed by atoms with Gasteiger partial charge in [0.2, 0.25) is 15.9 Å². The molecule has 2 aromatic rings. The maximum Gasteiger partial charge on any atom is 0.228 e. The lowest BCUT2D eigenvalue weighted by atomic mass is 9.98. The third-order valence-electron chi connectivity index (χ3n) is 5.33. The summed E-state index contributed by atoms with van der Waals surface area (Å²) in [6, 6.07) is 17.2. The van der Waals surface area contributed by atoms with Gasteiger partial charge in [0.05, 0.1) is 17.8 Å².